The Bertz CT molecular complexity index is 3910. The SMILES string of the molecule is C=C/C=C(\C=C/C)C(=C\c1ccc2c(c1)C1(c3cc(C=C(c4ccccc4)c4ccccc4)ccc3-c3ccc(C=C(c4ccccc4)c4ccccc4)cc31)c1cc(C=C(c3ccccc3)c3ccccc3)ccc1-2)/c1ccccc1. The lowest BCUT2D eigenvalue weighted by atomic mass is 9.69. The van der Waals surface area contributed by atoms with Gasteiger partial charge in [-0.3, -0.25) is 0 Å². The molecule has 11 aromatic rings. The van der Waals surface area contributed by atoms with Crippen molar-refractivity contribution in [1.82, 2.24) is 0 Å². The third-order valence-corrected chi connectivity index (χ3v) is 16.2. The molecule has 2 aliphatic carbocycles. The van der Waals surface area contributed by atoms with Crippen LogP contribution in [0.1, 0.15) is 90.4 Å². The lowest BCUT2D eigenvalue weighted by Gasteiger charge is -2.31. The van der Waals surface area contributed by atoms with Crippen LogP contribution >= 0.6 is 0 Å². The van der Waals surface area contributed by atoms with Crippen LogP contribution in [0.15, 0.2) is 322 Å². The summed E-state index contributed by atoms with van der Waals surface area (Å²) in [6.07, 6.45) is 17.8. The van der Waals surface area contributed by atoms with Crippen molar-refractivity contribution in [3.63, 3.8) is 0 Å². The van der Waals surface area contributed by atoms with Crippen molar-refractivity contribution in [3.05, 3.63) is 405 Å². The maximum absolute atomic E-state index is 4.15. The summed E-state index contributed by atoms with van der Waals surface area (Å²) in [5, 5.41) is 0. The number of benzene rings is 11. The molecule has 0 heteroatoms. The second-order valence-corrected chi connectivity index (χ2v) is 21.1. The minimum Gasteiger partial charge on any atom is -0.0990 e. The zero-order valence-electron chi connectivity index (χ0n) is 46.0. The highest BCUT2D eigenvalue weighted by Gasteiger charge is 2.52. The van der Waals surface area contributed by atoms with Crippen molar-refractivity contribution in [2.45, 2.75) is 12.3 Å². The average Bonchev–Trinajstić information content (AvgIpc) is 1.76. The van der Waals surface area contributed by atoms with Gasteiger partial charge in [-0.2, -0.15) is 0 Å². The van der Waals surface area contributed by atoms with Crippen LogP contribution < -0.4 is 0 Å². The summed E-state index contributed by atoms with van der Waals surface area (Å²) < 4.78 is 0. The highest BCUT2D eigenvalue weighted by molar-refractivity contribution is 6.01. The summed E-state index contributed by atoms with van der Waals surface area (Å²) in [4.78, 5) is 0. The van der Waals surface area contributed by atoms with Gasteiger partial charge in [-0.25, -0.2) is 0 Å². The summed E-state index contributed by atoms with van der Waals surface area (Å²) in [7, 11) is 0. The van der Waals surface area contributed by atoms with Gasteiger partial charge in [0.05, 0.1) is 5.41 Å². The first kappa shape index (κ1) is 51.1. The van der Waals surface area contributed by atoms with Gasteiger partial charge >= 0.3 is 0 Å². The van der Waals surface area contributed by atoms with E-state index >= 15 is 0 Å². The molecule has 0 radical (unpaired) electrons. The summed E-state index contributed by atoms with van der Waals surface area (Å²) >= 11 is 0. The lowest BCUT2D eigenvalue weighted by Crippen LogP contribution is -2.26. The number of rotatable bonds is 14. The predicted octanol–water partition coefficient (Wildman–Crippen LogP) is 21.0. The normalized spacial score (nSPS) is 12.7. The minimum atomic E-state index is -0.744. The third-order valence-electron chi connectivity index (χ3n) is 16.2. The fourth-order valence-corrected chi connectivity index (χ4v) is 12.5. The van der Waals surface area contributed by atoms with Crippen LogP contribution in [0.25, 0.3) is 68.9 Å². The Morgan fingerprint density at radius 3 is 0.817 bits per heavy atom. The van der Waals surface area contributed by atoms with Gasteiger partial charge in [0.25, 0.3) is 0 Å². The van der Waals surface area contributed by atoms with E-state index in [1.807, 2.05) is 6.08 Å². The van der Waals surface area contributed by atoms with E-state index in [1.165, 1.54) is 94.6 Å². The minimum absolute atomic E-state index is 0.744. The van der Waals surface area contributed by atoms with Crippen molar-refractivity contribution in [3.8, 4) is 22.3 Å². The maximum atomic E-state index is 4.15. The molecule has 13 rings (SSSR count). The van der Waals surface area contributed by atoms with Crippen LogP contribution in [0.5, 0.6) is 0 Å². The molecule has 2 aliphatic rings. The molecular weight excluding hydrogens is 985 g/mol. The summed E-state index contributed by atoms with van der Waals surface area (Å²) in [6, 6.07) is 104. The number of hydrogen-bond donors (Lipinski definition) is 0. The van der Waals surface area contributed by atoms with Gasteiger partial charge in [0.15, 0.2) is 0 Å². The standard InChI is InChI=1S/C82H60/c1-3-26-62(27-4-2)74(63-28-12-5-13-29-63)50-58-42-46-70-71-47-43-59(51-75(64-30-14-6-15-31-64)65-32-16-7-17-33-65)55-79(71)82(78(70)54-58)80-56-60(52-76(66-34-18-8-19-35-66)67-36-20-9-21-37-67)44-48-72(80)73-49-45-61(57-81(73)82)53-77(68-38-22-10-23-39-68)69-40-24-11-25-41-69/h3-57H,1H2,2H3/b27-4-,62-26+,74-50+. The molecule has 0 aromatic heterocycles. The molecule has 0 saturated heterocycles. The second kappa shape index (κ2) is 22.8. The first-order valence-corrected chi connectivity index (χ1v) is 28.4. The first-order valence-electron chi connectivity index (χ1n) is 28.4. The van der Waals surface area contributed by atoms with Crippen molar-refractivity contribution < 1.29 is 0 Å². The van der Waals surface area contributed by atoms with Gasteiger partial charge in [-0.15, -0.1) is 0 Å². The van der Waals surface area contributed by atoms with Crippen molar-refractivity contribution in [2.24, 2.45) is 0 Å². The Kier molecular flexibility index (Phi) is 14.2. The van der Waals surface area contributed by atoms with E-state index < -0.39 is 5.41 Å². The van der Waals surface area contributed by atoms with Crippen molar-refractivity contribution >= 4 is 46.6 Å². The van der Waals surface area contributed by atoms with E-state index in [4.69, 9.17) is 0 Å². The molecule has 0 heterocycles. The smallest absolute Gasteiger partial charge is 0.0726 e. The largest absolute Gasteiger partial charge is 0.0990 e. The van der Waals surface area contributed by atoms with Crippen molar-refractivity contribution in [2.75, 3.05) is 0 Å². The Labute approximate surface area is 483 Å². The molecule has 0 atom stereocenters. The quantitative estimate of drug-likeness (QED) is 0.0752. The van der Waals surface area contributed by atoms with Gasteiger partial charge in [0, 0.05) is 0 Å². The molecule has 0 amide bonds. The van der Waals surface area contributed by atoms with Crippen LogP contribution in [-0.4, -0.2) is 0 Å². The van der Waals surface area contributed by atoms with Crippen LogP contribution in [0.4, 0.5) is 0 Å². The van der Waals surface area contributed by atoms with E-state index in [-0.39, 0.29) is 0 Å². The Morgan fingerprint density at radius 1 is 0.305 bits per heavy atom. The average molecular weight is 1050 g/mol. The van der Waals surface area contributed by atoms with E-state index in [9.17, 15) is 0 Å². The maximum Gasteiger partial charge on any atom is 0.0726 e. The van der Waals surface area contributed by atoms with E-state index in [0.717, 1.165) is 39.0 Å². The monoisotopic (exact) mass is 1040 g/mol. The summed E-state index contributed by atoms with van der Waals surface area (Å²) in [5.41, 5.74) is 27.7. The third kappa shape index (κ3) is 9.72. The molecule has 0 nitrogen and oxygen atoms in total. The molecule has 0 fully saturated rings. The van der Waals surface area contributed by atoms with E-state index in [1.54, 1.807) is 0 Å². The number of fused-ring (bicyclic) bond motifs is 10. The fraction of sp³-hybridized carbons (Fsp3) is 0.0244. The molecule has 0 saturated carbocycles. The van der Waals surface area contributed by atoms with Gasteiger partial charge in [0.1, 0.15) is 0 Å². The van der Waals surface area contributed by atoms with E-state index in [0.29, 0.717) is 0 Å². The zero-order valence-corrected chi connectivity index (χ0v) is 46.0. The Balaban J connectivity index is 1.12. The van der Waals surface area contributed by atoms with Crippen molar-refractivity contribution in [1.29, 1.82) is 0 Å². The Hall–Kier alpha value is -10.4. The molecule has 0 aliphatic heterocycles. The zero-order chi connectivity index (χ0) is 55.2. The summed E-state index contributed by atoms with van der Waals surface area (Å²) in [6.45, 7) is 6.23. The first-order chi connectivity index (χ1) is 40.6. The van der Waals surface area contributed by atoms with Gasteiger partial charge in [-0.1, -0.05) is 292 Å². The highest BCUT2D eigenvalue weighted by atomic mass is 14.5. The highest BCUT2D eigenvalue weighted by Crippen LogP contribution is 2.64. The van der Waals surface area contributed by atoms with Crippen LogP contribution in [-0.2, 0) is 5.41 Å². The van der Waals surface area contributed by atoms with Crippen LogP contribution in [0, 0.1) is 0 Å². The predicted molar refractivity (Wildman–Crippen MR) is 350 cm³/mol. The molecule has 0 unspecified atom stereocenters. The lowest BCUT2D eigenvalue weighted by molar-refractivity contribution is 0.792. The molecule has 1 spiro atoms. The number of hydrogen-bond acceptors (Lipinski definition) is 0. The molecule has 82 heavy (non-hydrogen) atoms. The second-order valence-electron chi connectivity index (χ2n) is 21.1. The van der Waals surface area contributed by atoms with Gasteiger partial charge in [-0.05, 0) is 189 Å². The molecule has 0 bridgehead atoms. The Morgan fingerprint density at radius 2 is 0.561 bits per heavy atom. The van der Waals surface area contributed by atoms with Gasteiger partial charge < -0.3 is 0 Å². The fourth-order valence-electron chi connectivity index (χ4n) is 12.5. The topological polar surface area (TPSA) is 0 Å². The molecule has 388 valence electrons. The van der Waals surface area contributed by atoms with Gasteiger partial charge in [0.2, 0.25) is 0 Å². The van der Waals surface area contributed by atoms with E-state index in [2.05, 4.69) is 341 Å². The van der Waals surface area contributed by atoms with Crippen LogP contribution in [0.3, 0.4) is 0 Å². The molecular formula is C82H60. The molecule has 0 N–H and O–H groups in total. The number of allylic oxidation sites excluding steroid dienone is 6. The van der Waals surface area contributed by atoms with Crippen LogP contribution in [0.2, 0.25) is 0 Å². The summed E-state index contributed by atoms with van der Waals surface area (Å²) in [5.74, 6) is 0. The molecule has 11 aromatic carbocycles.